The maximum Gasteiger partial charge on any atom is 0.232 e. The molecule has 6 heteroatoms. The average molecular weight is 284 g/mol. The summed E-state index contributed by atoms with van der Waals surface area (Å²) in [5.41, 5.74) is 1.77. The van der Waals surface area contributed by atoms with Crippen LogP contribution in [-0.2, 0) is 21.2 Å². The zero-order valence-corrected chi connectivity index (χ0v) is 12.3. The molecular weight excluding hydrogens is 264 g/mol. The van der Waals surface area contributed by atoms with Crippen molar-refractivity contribution in [1.29, 1.82) is 0 Å². The lowest BCUT2D eigenvalue weighted by molar-refractivity contribution is -0.118. The first-order valence-electron chi connectivity index (χ1n) is 6.15. The van der Waals surface area contributed by atoms with Gasteiger partial charge in [-0.25, -0.2) is 8.42 Å². The van der Waals surface area contributed by atoms with Gasteiger partial charge in [-0.15, -0.1) is 0 Å². The number of benzene rings is 1. The van der Waals surface area contributed by atoms with Crippen LogP contribution in [0.25, 0.3) is 0 Å². The van der Waals surface area contributed by atoms with Gasteiger partial charge in [-0.1, -0.05) is 19.1 Å². The van der Waals surface area contributed by atoms with Crippen LogP contribution < -0.4 is 9.62 Å². The Morgan fingerprint density at radius 2 is 1.84 bits per heavy atom. The van der Waals surface area contributed by atoms with Gasteiger partial charge in [-0.3, -0.25) is 9.10 Å². The molecule has 1 amide bonds. The summed E-state index contributed by atoms with van der Waals surface area (Å²) in [4.78, 5) is 10.8. The van der Waals surface area contributed by atoms with E-state index in [0.717, 1.165) is 18.2 Å². The summed E-state index contributed by atoms with van der Waals surface area (Å²) in [6, 6.07) is 7.39. The number of carbonyl (C=O) groups is 1. The molecule has 0 spiro atoms. The van der Waals surface area contributed by atoms with Gasteiger partial charge in [0, 0.05) is 13.5 Å². The Bertz CT molecular complexity index is 523. The minimum Gasteiger partial charge on any atom is -0.355 e. The lowest BCUT2D eigenvalue weighted by Crippen LogP contribution is -2.37. The van der Waals surface area contributed by atoms with E-state index in [9.17, 15) is 13.2 Å². The maximum atomic E-state index is 11.8. The molecule has 5 nitrogen and oxygen atoms in total. The number of sulfonamides is 1. The minimum atomic E-state index is -3.35. The van der Waals surface area contributed by atoms with Gasteiger partial charge in [0.1, 0.15) is 0 Å². The Hall–Kier alpha value is -1.56. The van der Waals surface area contributed by atoms with Crippen LogP contribution in [0.2, 0.25) is 0 Å². The van der Waals surface area contributed by atoms with Gasteiger partial charge in [-0.2, -0.15) is 0 Å². The van der Waals surface area contributed by atoms with Crippen molar-refractivity contribution in [3.63, 3.8) is 0 Å². The molecule has 0 aliphatic rings. The molecule has 1 aromatic carbocycles. The molecule has 0 unspecified atom stereocenters. The van der Waals surface area contributed by atoms with Gasteiger partial charge in [0.05, 0.1) is 18.5 Å². The van der Waals surface area contributed by atoms with Crippen molar-refractivity contribution in [2.24, 2.45) is 0 Å². The summed E-state index contributed by atoms with van der Waals surface area (Å²) in [6.07, 6.45) is 2.07. The molecule has 19 heavy (non-hydrogen) atoms. The van der Waals surface area contributed by atoms with Crippen molar-refractivity contribution in [3.05, 3.63) is 29.8 Å². The molecule has 0 aromatic heterocycles. The third-order valence-electron chi connectivity index (χ3n) is 2.72. The Kier molecular flexibility index (Phi) is 5.35. The van der Waals surface area contributed by atoms with Crippen molar-refractivity contribution in [2.45, 2.75) is 20.3 Å². The van der Waals surface area contributed by atoms with E-state index in [0.29, 0.717) is 5.69 Å². The highest BCUT2D eigenvalue weighted by atomic mass is 32.2. The summed E-state index contributed by atoms with van der Waals surface area (Å²) >= 11 is 0. The zero-order valence-electron chi connectivity index (χ0n) is 11.5. The minimum absolute atomic E-state index is 0.171. The molecule has 106 valence electrons. The van der Waals surface area contributed by atoms with Crippen molar-refractivity contribution < 1.29 is 13.2 Å². The molecule has 1 aromatic rings. The number of aryl methyl sites for hydroxylation is 1. The van der Waals surface area contributed by atoms with Gasteiger partial charge in [0.2, 0.25) is 15.9 Å². The number of nitrogens with zero attached hydrogens (tertiary/aromatic N) is 1. The first kappa shape index (κ1) is 15.5. The standard InChI is InChI=1S/C13H20N2O3S/c1-4-12-5-7-13(8-6-12)15(19(3,17)18)10-9-14-11(2)16/h5-8H,4,9-10H2,1-3H3,(H,14,16). The lowest BCUT2D eigenvalue weighted by Gasteiger charge is -2.22. The van der Waals surface area contributed by atoms with E-state index in [1.807, 2.05) is 19.1 Å². The van der Waals surface area contributed by atoms with Crippen LogP contribution in [0.15, 0.2) is 24.3 Å². The SMILES string of the molecule is CCc1ccc(N(CCNC(C)=O)S(C)(=O)=O)cc1. The molecule has 0 atom stereocenters. The predicted octanol–water partition coefficient (Wildman–Crippen LogP) is 1.15. The Balaban J connectivity index is 2.87. The molecule has 1 N–H and O–H groups in total. The second-order valence-corrected chi connectivity index (χ2v) is 6.24. The van der Waals surface area contributed by atoms with Crippen molar-refractivity contribution in [1.82, 2.24) is 5.32 Å². The highest BCUT2D eigenvalue weighted by Gasteiger charge is 2.16. The average Bonchev–Trinajstić information content (AvgIpc) is 2.33. The van der Waals surface area contributed by atoms with Crippen LogP contribution in [0.5, 0.6) is 0 Å². The number of nitrogens with one attached hydrogen (secondary N) is 1. The van der Waals surface area contributed by atoms with Crippen LogP contribution in [0.4, 0.5) is 5.69 Å². The molecule has 0 heterocycles. The second kappa shape index (κ2) is 6.56. The Labute approximate surface area is 114 Å². The van der Waals surface area contributed by atoms with E-state index in [1.165, 1.54) is 11.2 Å². The number of carbonyl (C=O) groups excluding carboxylic acids is 1. The normalized spacial score (nSPS) is 11.1. The molecule has 0 saturated heterocycles. The quantitative estimate of drug-likeness (QED) is 0.852. The van der Waals surface area contributed by atoms with Crippen molar-refractivity contribution in [3.8, 4) is 0 Å². The van der Waals surface area contributed by atoms with Gasteiger partial charge in [-0.05, 0) is 24.1 Å². The van der Waals surface area contributed by atoms with E-state index in [2.05, 4.69) is 5.32 Å². The molecule has 0 aliphatic carbocycles. The molecule has 0 saturated carbocycles. The Morgan fingerprint density at radius 1 is 1.26 bits per heavy atom. The van der Waals surface area contributed by atoms with Crippen LogP contribution in [0.1, 0.15) is 19.4 Å². The van der Waals surface area contributed by atoms with Crippen LogP contribution in [-0.4, -0.2) is 33.7 Å². The zero-order chi connectivity index (χ0) is 14.5. The Morgan fingerprint density at radius 3 is 2.26 bits per heavy atom. The van der Waals surface area contributed by atoms with Crippen LogP contribution in [0, 0.1) is 0 Å². The molecule has 0 bridgehead atoms. The third kappa shape index (κ3) is 4.90. The van der Waals surface area contributed by atoms with E-state index in [4.69, 9.17) is 0 Å². The van der Waals surface area contributed by atoms with E-state index in [-0.39, 0.29) is 19.0 Å². The third-order valence-corrected chi connectivity index (χ3v) is 3.92. The van der Waals surface area contributed by atoms with E-state index in [1.54, 1.807) is 12.1 Å². The number of hydrogen-bond acceptors (Lipinski definition) is 3. The summed E-state index contributed by atoms with van der Waals surface area (Å²) < 4.78 is 24.8. The summed E-state index contributed by atoms with van der Waals surface area (Å²) in [6.45, 7) is 3.96. The van der Waals surface area contributed by atoms with Gasteiger partial charge in [0.15, 0.2) is 0 Å². The predicted molar refractivity (Wildman–Crippen MR) is 76.7 cm³/mol. The maximum absolute atomic E-state index is 11.8. The number of anilines is 1. The summed E-state index contributed by atoms with van der Waals surface area (Å²) in [5, 5.41) is 2.60. The topological polar surface area (TPSA) is 66.5 Å². The first-order valence-corrected chi connectivity index (χ1v) is 8.00. The van der Waals surface area contributed by atoms with Crippen molar-refractivity contribution >= 4 is 21.6 Å². The van der Waals surface area contributed by atoms with Crippen LogP contribution in [0.3, 0.4) is 0 Å². The van der Waals surface area contributed by atoms with E-state index >= 15 is 0 Å². The fraction of sp³-hybridized carbons (Fsp3) is 0.462. The summed E-state index contributed by atoms with van der Waals surface area (Å²) in [5.74, 6) is -0.171. The van der Waals surface area contributed by atoms with E-state index < -0.39 is 10.0 Å². The van der Waals surface area contributed by atoms with Crippen LogP contribution >= 0.6 is 0 Å². The second-order valence-electron chi connectivity index (χ2n) is 4.34. The highest BCUT2D eigenvalue weighted by molar-refractivity contribution is 7.92. The molecule has 0 aliphatic heterocycles. The highest BCUT2D eigenvalue weighted by Crippen LogP contribution is 2.18. The number of rotatable bonds is 6. The molecule has 0 radical (unpaired) electrons. The molecule has 0 fully saturated rings. The first-order chi connectivity index (χ1) is 8.84. The number of hydrogen-bond donors (Lipinski definition) is 1. The molecular formula is C13H20N2O3S. The summed E-state index contributed by atoms with van der Waals surface area (Å²) in [7, 11) is -3.35. The fourth-order valence-electron chi connectivity index (χ4n) is 1.72. The smallest absolute Gasteiger partial charge is 0.232 e. The largest absolute Gasteiger partial charge is 0.355 e. The van der Waals surface area contributed by atoms with Gasteiger partial charge < -0.3 is 5.32 Å². The fourth-order valence-corrected chi connectivity index (χ4v) is 2.65. The van der Waals surface area contributed by atoms with Gasteiger partial charge in [0.25, 0.3) is 0 Å². The monoisotopic (exact) mass is 284 g/mol. The van der Waals surface area contributed by atoms with Gasteiger partial charge >= 0.3 is 0 Å². The number of amides is 1. The molecule has 1 rings (SSSR count). The lowest BCUT2D eigenvalue weighted by atomic mass is 10.1. The van der Waals surface area contributed by atoms with Crippen molar-refractivity contribution in [2.75, 3.05) is 23.7 Å².